The minimum absolute atomic E-state index is 0.384. The zero-order valence-electron chi connectivity index (χ0n) is 17.9. The third kappa shape index (κ3) is 5.04. The maximum Gasteiger partial charge on any atom is 0.413 e. The third-order valence-electron chi connectivity index (χ3n) is 4.17. The van der Waals surface area contributed by atoms with Crippen LogP contribution in [0.4, 0.5) is 16.4 Å². The summed E-state index contributed by atoms with van der Waals surface area (Å²) in [6.07, 6.45) is 5.77. The zero-order chi connectivity index (χ0) is 22.6. The highest BCUT2D eigenvalue weighted by Crippen LogP contribution is 2.21. The fourth-order valence-corrected chi connectivity index (χ4v) is 2.82. The second-order valence-corrected chi connectivity index (χ2v) is 7.83. The Bertz CT molecular complexity index is 1240. The van der Waals surface area contributed by atoms with Crippen LogP contribution in [0.15, 0.2) is 66.3 Å². The van der Waals surface area contributed by atoms with E-state index in [0.717, 1.165) is 16.6 Å². The van der Waals surface area contributed by atoms with Crippen LogP contribution in [0.5, 0.6) is 0 Å². The molecule has 3 aromatic heterocycles. The zero-order valence-corrected chi connectivity index (χ0v) is 17.9. The highest BCUT2D eigenvalue weighted by atomic mass is 16.6. The van der Waals surface area contributed by atoms with E-state index in [1.54, 1.807) is 56.2 Å². The molecule has 0 saturated heterocycles. The van der Waals surface area contributed by atoms with Crippen LogP contribution in [0.25, 0.3) is 16.7 Å². The number of amides is 1. The molecule has 0 radical (unpaired) electrons. The van der Waals surface area contributed by atoms with Gasteiger partial charge in [-0.1, -0.05) is 18.2 Å². The number of para-hydroxylation sites is 1. The van der Waals surface area contributed by atoms with Gasteiger partial charge in [0.2, 0.25) is 0 Å². The van der Waals surface area contributed by atoms with Crippen molar-refractivity contribution in [2.45, 2.75) is 26.4 Å². The summed E-state index contributed by atoms with van der Waals surface area (Å²) in [5, 5.41) is 12.0. The molecule has 0 atom stereocenters. The smallest absolute Gasteiger partial charge is 0.413 e. The summed E-state index contributed by atoms with van der Waals surface area (Å²) >= 11 is 0. The molecule has 4 aromatic rings. The summed E-state index contributed by atoms with van der Waals surface area (Å²) in [6, 6.07) is 13.2. The Labute approximate surface area is 184 Å². The summed E-state index contributed by atoms with van der Waals surface area (Å²) < 4.78 is 6.95. The van der Waals surface area contributed by atoms with Crippen molar-refractivity contribution < 1.29 is 9.53 Å². The topological polar surface area (TPSA) is 119 Å². The number of hydrogen-bond acceptors (Lipinski definition) is 8. The summed E-state index contributed by atoms with van der Waals surface area (Å²) in [5.74, 6) is 0.916. The van der Waals surface area contributed by atoms with E-state index in [0.29, 0.717) is 17.3 Å². The van der Waals surface area contributed by atoms with Gasteiger partial charge in [-0.05, 0) is 45.0 Å². The number of rotatable bonds is 5. The number of carbonyl (C=O) groups is 1. The molecule has 0 aliphatic carbocycles. The summed E-state index contributed by atoms with van der Waals surface area (Å²) in [6.45, 7) is 5.39. The van der Waals surface area contributed by atoms with Gasteiger partial charge in [-0.15, -0.1) is 0 Å². The largest absolute Gasteiger partial charge is 0.444 e. The van der Waals surface area contributed by atoms with E-state index in [-0.39, 0.29) is 0 Å². The lowest BCUT2D eigenvalue weighted by molar-refractivity contribution is 0.0635. The Hall–Kier alpha value is -4.34. The van der Waals surface area contributed by atoms with E-state index in [1.807, 2.05) is 30.3 Å². The molecule has 0 fully saturated rings. The standard InChI is InChI=1S/C22H22N8O2/c1-22(2,3)32-21(31)28-18-10-9-15(11-23-18)12-26-29-19-17-13-27-30(20(17)25-14-24-19)16-7-5-4-6-8-16/h4-14H,1-3H3,(H,23,28,31)(H,24,25,29)/b26-12-. The monoisotopic (exact) mass is 430 g/mol. The van der Waals surface area contributed by atoms with Gasteiger partial charge in [0.15, 0.2) is 11.5 Å². The van der Waals surface area contributed by atoms with Crippen LogP contribution in [0, 0.1) is 0 Å². The molecule has 10 heteroatoms. The third-order valence-corrected chi connectivity index (χ3v) is 4.17. The van der Waals surface area contributed by atoms with Crippen LogP contribution in [-0.4, -0.2) is 42.6 Å². The first-order valence-electron chi connectivity index (χ1n) is 9.88. The van der Waals surface area contributed by atoms with Gasteiger partial charge in [0.25, 0.3) is 0 Å². The van der Waals surface area contributed by atoms with Gasteiger partial charge in [0, 0.05) is 11.8 Å². The Morgan fingerprint density at radius 3 is 2.59 bits per heavy atom. The van der Waals surface area contributed by atoms with Crippen molar-refractivity contribution in [1.82, 2.24) is 24.7 Å². The molecule has 0 spiro atoms. The molecule has 0 saturated carbocycles. The number of ether oxygens (including phenoxy) is 1. The van der Waals surface area contributed by atoms with E-state index in [1.165, 1.54) is 6.33 Å². The van der Waals surface area contributed by atoms with Crippen LogP contribution >= 0.6 is 0 Å². The lowest BCUT2D eigenvalue weighted by Crippen LogP contribution is -2.27. The number of hydrogen-bond donors (Lipinski definition) is 2. The maximum absolute atomic E-state index is 11.8. The van der Waals surface area contributed by atoms with Crippen molar-refractivity contribution in [1.29, 1.82) is 0 Å². The van der Waals surface area contributed by atoms with Crippen LogP contribution in [0.2, 0.25) is 0 Å². The molecule has 3 heterocycles. The van der Waals surface area contributed by atoms with Crippen LogP contribution in [0.1, 0.15) is 26.3 Å². The van der Waals surface area contributed by atoms with Crippen molar-refractivity contribution in [2.75, 3.05) is 10.7 Å². The Morgan fingerprint density at radius 1 is 1.06 bits per heavy atom. The average Bonchev–Trinajstić information content (AvgIpc) is 3.19. The molecular weight excluding hydrogens is 408 g/mol. The fourth-order valence-electron chi connectivity index (χ4n) is 2.82. The second kappa shape index (κ2) is 8.80. The molecule has 0 bridgehead atoms. The summed E-state index contributed by atoms with van der Waals surface area (Å²) in [7, 11) is 0. The number of anilines is 2. The number of benzene rings is 1. The highest BCUT2D eigenvalue weighted by Gasteiger charge is 2.16. The van der Waals surface area contributed by atoms with Gasteiger partial charge in [-0.3, -0.25) is 10.7 Å². The molecule has 32 heavy (non-hydrogen) atoms. The van der Waals surface area contributed by atoms with Crippen LogP contribution in [-0.2, 0) is 4.74 Å². The molecule has 1 amide bonds. The molecule has 4 rings (SSSR count). The first-order chi connectivity index (χ1) is 15.4. The van der Waals surface area contributed by atoms with Crippen molar-refractivity contribution in [3.63, 3.8) is 0 Å². The lowest BCUT2D eigenvalue weighted by atomic mass is 10.2. The highest BCUT2D eigenvalue weighted by molar-refractivity contribution is 5.88. The minimum Gasteiger partial charge on any atom is -0.444 e. The number of aromatic nitrogens is 5. The number of pyridine rings is 1. The molecule has 0 aliphatic heterocycles. The Kier molecular flexibility index (Phi) is 5.75. The number of nitrogens with zero attached hydrogens (tertiary/aromatic N) is 6. The van der Waals surface area contributed by atoms with Crippen LogP contribution in [0.3, 0.4) is 0 Å². The quantitative estimate of drug-likeness (QED) is 0.363. The molecule has 2 N–H and O–H groups in total. The summed E-state index contributed by atoms with van der Waals surface area (Å²) in [4.78, 5) is 24.6. The number of carbonyl (C=O) groups excluding carboxylic acids is 1. The van der Waals surface area contributed by atoms with E-state index in [2.05, 4.69) is 35.9 Å². The number of fused-ring (bicyclic) bond motifs is 1. The van der Waals surface area contributed by atoms with E-state index in [4.69, 9.17) is 4.74 Å². The fraction of sp³-hybridized carbons (Fsp3) is 0.182. The molecule has 10 nitrogen and oxygen atoms in total. The van der Waals surface area contributed by atoms with Crippen molar-refractivity contribution in [3.05, 3.63) is 66.7 Å². The molecule has 0 aliphatic rings. The number of nitrogens with one attached hydrogen (secondary N) is 2. The molecular formula is C22H22N8O2. The van der Waals surface area contributed by atoms with Gasteiger partial charge >= 0.3 is 6.09 Å². The normalized spacial score (nSPS) is 11.6. The van der Waals surface area contributed by atoms with E-state index >= 15 is 0 Å². The SMILES string of the molecule is CC(C)(C)OC(=O)Nc1ccc(/C=N\Nc2ncnc3c2cnn3-c2ccccc2)cn1. The van der Waals surface area contributed by atoms with Crippen LogP contribution < -0.4 is 10.7 Å². The second-order valence-electron chi connectivity index (χ2n) is 7.83. The van der Waals surface area contributed by atoms with Crippen molar-refractivity contribution >= 4 is 35.0 Å². The van der Waals surface area contributed by atoms with Gasteiger partial charge in [0.1, 0.15) is 17.7 Å². The van der Waals surface area contributed by atoms with Crippen molar-refractivity contribution in [3.8, 4) is 5.69 Å². The number of hydrazone groups is 1. The predicted molar refractivity (Wildman–Crippen MR) is 122 cm³/mol. The summed E-state index contributed by atoms with van der Waals surface area (Å²) in [5.41, 5.74) is 4.65. The first kappa shape index (κ1) is 20.9. The van der Waals surface area contributed by atoms with Gasteiger partial charge in [0.05, 0.1) is 23.5 Å². The predicted octanol–water partition coefficient (Wildman–Crippen LogP) is 4.00. The van der Waals surface area contributed by atoms with Gasteiger partial charge in [-0.25, -0.2) is 24.4 Å². The Balaban J connectivity index is 1.43. The molecule has 1 aromatic carbocycles. The average molecular weight is 430 g/mol. The van der Waals surface area contributed by atoms with E-state index < -0.39 is 11.7 Å². The van der Waals surface area contributed by atoms with Gasteiger partial charge < -0.3 is 4.74 Å². The molecule has 162 valence electrons. The molecule has 0 unspecified atom stereocenters. The Morgan fingerprint density at radius 2 is 1.88 bits per heavy atom. The first-order valence-corrected chi connectivity index (χ1v) is 9.88. The lowest BCUT2D eigenvalue weighted by Gasteiger charge is -2.19. The minimum atomic E-state index is -0.577. The van der Waals surface area contributed by atoms with Gasteiger partial charge in [-0.2, -0.15) is 10.2 Å². The van der Waals surface area contributed by atoms with E-state index in [9.17, 15) is 4.79 Å². The van der Waals surface area contributed by atoms with Crippen molar-refractivity contribution in [2.24, 2.45) is 5.10 Å². The maximum atomic E-state index is 11.8.